The van der Waals surface area contributed by atoms with Crippen molar-refractivity contribution in [3.63, 3.8) is 0 Å². The first-order valence-electron chi connectivity index (χ1n) is 28.9. The molecule has 0 bridgehead atoms. The van der Waals surface area contributed by atoms with Gasteiger partial charge in [0.25, 0.3) is 0 Å². The lowest BCUT2D eigenvalue weighted by Gasteiger charge is -2.50. The summed E-state index contributed by atoms with van der Waals surface area (Å²) in [7, 11) is 0. The highest BCUT2D eigenvalue weighted by Gasteiger charge is 2.59. The van der Waals surface area contributed by atoms with Crippen molar-refractivity contribution >= 4 is 76.6 Å². The van der Waals surface area contributed by atoms with Crippen LogP contribution in [0.4, 0.5) is 22.7 Å². The third-order valence-electron chi connectivity index (χ3n) is 20.9. The van der Waals surface area contributed by atoms with Gasteiger partial charge in [0, 0.05) is 33.6 Å². The van der Waals surface area contributed by atoms with Crippen molar-refractivity contribution in [2.75, 3.05) is 9.80 Å². The number of hydrogen-bond acceptors (Lipinski definition) is 2. The fourth-order valence-corrected chi connectivity index (χ4v) is 16.6. The summed E-state index contributed by atoms with van der Waals surface area (Å²) in [6.07, 6.45) is 9.85. The molecule has 0 amide bonds. The van der Waals surface area contributed by atoms with Gasteiger partial charge in [0.1, 0.15) is 0 Å². The summed E-state index contributed by atoms with van der Waals surface area (Å²) in [5, 5.41) is 13.0. The van der Waals surface area contributed by atoms with Crippen molar-refractivity contribution in [2.45, 2.75) is 101 Å². The Morgan fingerprint density at radius 2 is 0.654 bits per heavy atom. The van der Waals surface area contributed by atoms with E-state index in [9.17, 15) is 0 Å². The Hall–Kier alpha value is -8.20. The van der Waals surface area contributed by atoms with Gasteiger partial charge < -0.3 is 9.80 Å². The molecule has 12 aromatic carbocycles. The van der Waals surface area contributed by atoms with Crippen molar-refractivity contribution in [1.82, 2.24) is 0 Å². The van der Waals surface area contributed by atoms with Crippen LogP contribution >= 0.6 is 0 Å². The molecular weight excluding hydrogens is 941 g/mol. The van der Waals surface area contributed by atoms with Gasteiger partial charge in [-0.3, -0.25) is 0 Å². The molecular formula is C76H64N2. The second-order valence-electron chi connectivity index (χ2n) is 24.5. The number of benzene rings is 12. The zero-order valence-electron chi connectivity index (χ0n) is 45.3. The summed E-state index contributed by atoms with van der Waals surface area (Å²) >= 11 is 0. The van der Waals surface area contributed by atoms with Crippen LogP contribution in [0.25, 0.3) is 98.4 Å². The Bertz CT molecular complexity index is 4140. The maximum Gasteiger partial charge on any atom is 0.0517 e. The van der Waals surface area contributed by atoms with Crippen LogP contribution in [-0.4, -0.2) is 11.1 Å². The highest BCUT2D eigenvalue weighted by atomic mass is 15.3. The standard InChI is InChI=1S/C76H64N2/c1-73-43-11-13-45-75(73,3)77(53-19-7-5-8-20-53)69-41-35-51(47-67(69)73)55-23-15-27-59-57(55)25-17-29-61(59)63-37-31-49-34-40-66-64(38-32-50-33-39-65(63)71(49)72(50)66)62-30-18-26-58-56(24-16-28-60(58)62)52-36-42-70-68(48-52)74(2)44-12-14-46-76(74,4)78(70)54-21-9-6-10-22-54/h5-10,15-42,47-48H,11-14,43-46H2,1-4H3. The number of anilines is 4. The summed E-state index contributed by atoms with van der Waals surface area (Å²) in [6, 6.07) is 83.9. The molecule has 4 atom stereocenters. The summed E-state index contributed by atoms with van der Waals surface area (Å²) in [6.45, 7) is 10.2. The van der Waals surface area contributed by atoms with Crippen LogP contribution in [0.1, 0.15) is 90.2 Å². The molecule has 2 fully saturated rings. The Labute approximate surface area is 458 Å². The molecule has 12 aromatic rings. The lowest BCUT2D eigenvalue weighted by molar-refractivity contribution is 0.195. The molecule has 2 heterocycles. The summed E-state index contributed by atoms with van der Waals surface area (Å²) in [5.74, 6) is 0. The van der Waals surface area contributed by atoms with E-state index in [1.165, 1.54) is 184 Å². The van der Waals surface area contributed by atoms with E-state index in [-0.39, 0.29) is 21.9 Å². The average molecular weight is 1010 g/mol. The summed E-state index contributed by atoms with van der Waals surface area (Å²) < 4.78 is 0. The minimum atomic E-state index is 0.0139. The third kappa shape index (κ3) is 6.15. The maximum absolute atomic E-state index is 2.68. The van der Waals surface area contributed by atoms with Gasteiger partial charge in [0.2, 0.25) is 0 Å². The SMILES string of the molecule is CC12CCCCC1(C)N(c1ccccc1)c1ccc(-c3cccc4c(-c5ccc6ccc7c(-c8cccc9c(-c%10ccc%11c(c%10)C%10(C)CCCCC%10(C)N%11c%10ccccc%10)cccc89)ccc8ccc5c6c87)cccc34)cc12. The monoisotopic (exact) mass is 1000 g/mol. The minimum Gasteiger partial charge on any atom is -0.334 e. The van der Waals surface area contributed by atoms with E-state index in [1.54, 1.807) is 0 Å². The molecule has 0 saturated heterocycles. The van der Waals surface area contributed by atoms with Crippen LogP contribution < -0.4 is 9.80 Å². The first kappa shape index (κ1) is 45.9. The predicted octanol–water partition coefficient (Wildman–Crippen LogP) is 21.0. The van der Waals surface area contributed by atoms with Crippen LogP contribution in [0.2, 0.25) is 0 Å². The van der Waals surface area contributed by atoms with Gasteiger partial charge in [-0.1, -0.05) is 209 Å². The first-order valence-corrected chi connectivity index (χ1v) is 28.9. The summed E-state index contributed by atoms with van der Waals surface area (Å²) in [4.78, 5) is 5.36. The van der Waals surface area contributed by atoms with Gasteiger partial charge in [-0.05, 0) is 198 Å². The van der Waals surface area contributed by atoms with E-state index in [2.05, 4.69) is 256 Å². The van der Waals surface area contributed by atoms with Crippen LogP contribution in [0.3, 0.4) is 0 Å². The topological polar surface area (TPSA) is 6.48 Å². The molecule has 0 N–H and O–H groups in total. The van der Waals surface area contributed by atoms with Crippen molar-refractivity contribution in [3.05, 3.63) is 230 Å². The molecule has 378 valence electrons. The largest absolute Gasteiger partial charge is 0.334 e. The highest BCUT2D eigenvalue weighted by Crippen LogP contribution is 2.63. The first-order chi connectivity index (χ1) is 38.2. The van der Waals surface area contributed by atoms with E-state index in [0.29, 0.717) is 0 Å². The fraction of sp³-hybridized carbons (Fsp3) is 0.211. The molecule has 2 heteroatoms. The van der Waals surface area contributed by atoms with Gasteiger partial charge in [-0.2, -0.15) is 0 Å². The van der Waals surface area contributed by atoms with E-state index in [1.807, 2.05) is 0 Å². The molecule has 4 aliphatic rings. The van der Waals surface area contributed by atoms with Crippen LogP contribution in [0.5, 0.6) is 0 Å². The van der Waals surface area contributed by atoms with Gasteiger partial charge in [0.05, 0.1) is 11.1 Å². The van der Waals surface area contributed by atoms with Crippen LogP contribution in [0, 0.1) is 0 Å². The smallest absolute Gasteiger partial charge is 0.0517 e. The maximum atomic E-state index is 2.68. The van der Waals surface area contributed by atoms with E-state index < -0.39 is 0 Å². The zero-order chi connectivity index (χ0) is 52.1. The third-order valence-corrected chi connectivity index (χ3v) is 20.9. The Morgan fingerprint density at radius 3 is 1.08 bits per heavy atom. The predicted molar refractivity (Wildman–Crippen MR) is 333 cm³/mol. The molecule has 0 radical (unpaired) electrons. The second-order valence-corrected chi connectivity index (χ2v) is 24.5. The lowest BCUT2D eigenvalue weighted by Crippen LogP contribution is -2.54. The van der Waals surface area contributed by atoms with E-state index in [4.69, 9.17) is 0 Å². The minimum absolute atomic E-state index is 0.0139. The Balaban J connectivity index is 0.807. The Kier molecular flexibility index (Phi) is 9.81. The number of hydrogen-bond donors (Lipinski definition) is 0. The van der Waals surface area contributed by atoms with Crippen molar-refractivity contribution in [3.8, 4) is 44.5 Å². The van der Waals surface area contributed by atoms with E-state index >= 15 is 0 Å². The van der Waals surface area contributed by atoms with Gasteiger partial charge >= 0.3 is 0 Å². The Morgan fingerprint density at radius 1 is 0.295 bits per heavy atom. The quantitative estimate of drug-likeness (QED) is 0.153. The average Bonchev–Trinajstić information content (AvgIpc) is 3.84. The molecule has 2 aliphatic heterocycles. The molecule has 0 aromatic heterocycles. The van der Waals surface area contributed by atoms with Crippen LogP contribution in [0.15, 0.2) is 218 Å². The number of nitrogens with zero attached hydrogens (tertiary/aromatic N) is 2. The molecule has 0 spiro atoms. The molecule has 4 unspecified atom stereocenters. The molecule has 2 nitrogen and oxygen atoms in total. The summed E-state index contributed by atoms with van der Waals surface area (Å²) in [5.41, 5.74) is 18.7. The lowest BCUT2D eigenvalue weighted by atomic mass is 9.61. The fourth-order valence-electron chi connectivity index (χ4n) is 16.6. The normalized spacial score (nSPS) is 22.6. The highest BCUT2D eigenvalue weighted by molar-refractivity contribution is 6.29. The molecule has 78 heavy (non-hydrogen) atoms. The van der Waals surface area contributed by atoms with Gasteiger partial charge in [-0.15, -0.1) is 0 Å². The van der Waals surface area contributed by atoms with Gasteiger partial charge in [-0.25, -0.2) is 0 Å². The molecule has 2 saturated carbocycles. The molecule has 16 rings (SSSR count). The van der Waals surface area contributed by atoms with Crippen LogP contribution in [-0.2, 0) is 10.8 Å². The van der Waals surface area contributed by atoms with Crippen molar-refractivity contribution in [2.24, 2.45) is 0 Å². The number of rotatable bonds is 6. The number of fused-ring (bicyclic) bond motifs is 8. The number of para-hydroxylation sites is 2. The van der Waals surface area contributed by atoms with E-state index in [0.717, 1.165) is 0 Å². The van der Waals surface area contributed by atoms with Crippen molar-refractivity contribution in [1.29, 1.82) is 0 Å². The van der Waals surface area contributed by atoms with Crippen molar-refractivity contribution < 1.29 is 0 Å². The second kappa shape index (κ2) is 16.7. The zero-order valence-corrected chi connectivity index (χ0v) is 45.3. The van der Waals surface area contributed by atoms with Gasteiger partial charge in [0.15, 0.2) is 0 Å². The molecule has 2 aliphatic carbocycles.